The molecule has 4 aromatic rings. The van der Waals surface area contributed by atoms with E-state index in [4.69, 9.17) is 20.4 Å². The normalized spacial score (nSPS) is 16.5. The number of fused-ring (bicyclic) bond motifs is 1. The number of benzene rings is 2. The first-order valence-corrected chi connectivity index (χ1v) is 9.93. The lowest BCUT2D eigenvalue weighted by atomic mass is 9.99. The van der Waals surface area contributed by atoms with E-state index in [0.29, 0.717) is 22.1 Å². The van der Waals surface area contributed by atoms with E-state index in [2.05, 4.69) is 0 Å². The molecule has 0 saturated carbocycles. The molecule has 1 atom stereocenters. The molecule has 0 saturated heterocycles. The van der Waals surface area contributed by atoms with Gasteiger partial charge in [-0.2, -0.15) is 0 Å². The second-order valence-corrected chi connectivity index (χ2v) is 7.67. The van der Waals surface area contributed by atoms with E-state index in [1.165, 1.54) is 11.2 Å². The van der Waals surface area contributed by atoms with Gasteiger partial charge >= 0.3 is 0 Å². The molecule has 0 bridgehead atoms. The minimum atomic E-state index is -0.970. The van der Waals surface area contributed by atoms with Crippen molar-refractivity contribution in [2.75, 3.05) is 4.90 Å². The Hall–Kier alpha value is -3.77. The Morgan fingerprint density at radius 1 is 1.10 bits per heavy atom. The predicted molar refractivity (Wildman–Crippen MR) is 115 cm³/mol. The zero-order chi connectivity index (χ0) is 21.7. The van der Waals surface area contributed by atoms with Gasteiger partial charge in [-0.3, -0.25) is 14.5 Å². The zero-order valence-electron chi connectivity index (χ0n) is 16.3. The third-order valence-corrected chi connectivity index (χ3v) is 5.76. The van der Waals surface area contributed by atoms with Crippen molar-refractivity contribution in [2.24, 2.45) is 0 Å². The third-order valence-electron chi connectivity index (χ3n) is 5.35. The molecule has 5 rings (SSSR count). The quantitative estimate of drug-likeness (QED) is 0.413. The number of aliphatic hydroxyl groups is 1. The number of carbonyl (C=O) groups excluding carboxylic acids is 2. The van der Waals surface area contributed by atoms with E-state index in [0.717, 1.165) is 10.9 Å². The van der Waals surface area contributed by atoms with Crippen LogP contribution in [0.3, 0.4) is 0 Å². The first-order valence-electron chi connectivity index (χ1n) is 9.55. The molecule has 1 unspecified atom stereocenters. The largest absolute Gasteiger partial charge is 0.503 e. The molecule has 154 valence electrons. The minimum Gasteiger partial charge on any atom is -0.503 e. The Kier molecular flexibility index (Phi) is 4.45. The van der Waals surface area contributed by atoms with Crippen LogP contribution in [0, 0.1) is 6.92 Å². The fourth-order valence-electron chi connectivity index (χ4n) is 3.78. The number of aliphatic hydroxyl groups excluding tert-OH is 1. The van der Waals surface area contributed by atoms with E-state index in [1.807, 2.05) is 19.1 Å². The molecule has 2 aromatic carbocycles. The second kappa shape index (κ2) is 7.18. The van der Waals surface area contributed by atoms with Crippen LogP contribution in [0.25, 0.3) is 11.0 Å². The first kappa shape index (κ1) is 19.2. The summed E-state index contributed by atoms with van der Waals surface area (Å²) in [5.74, 6) is -1.61. The van der Waals surface area contributed by atoms with E-state index < -0.39 is 23.5 Å². The molecule has 1 aliphatic heterocycles. The van der Waals surface area contributed by atoms with Gasteiger partial charge in [-0.25, -0.2) is 0 Å². The number of anilines is 1. The number of amides is 1. The Labute approximate surface area is 181 Å². The SMILES string of the molecule is Cc1ccc(N2C(=O)C(O)=C(C(=O)c3cc4ccccc4o3)C2c2ccco2)cc1Cl. The fraction of sp³-hybridized carbons (Fsp3) is 0.0833. The molecule has 6 nitrogen and oxygen atoms in total. The molecular formula is C24H16ClNO5. The van der Waals surface area contributed by atoms with Gasteiger partial charge in [-0.05, 0) is 48.9 Å². The molecule has 1 amide bonds. The van der Waals surface area contributed by atoms with Gasteiger partial charge in [0.2, 0.25) is 5.78 Å². The first-order chi connectivity index (χ1) is 15.0. The topological polar surface area (TPSA) is 83.9 Å². The van der Waals surface area contributed by atoms with Crippen molar-refractivity contribution in [2.45, 2.75) is 13.0 Å². The van der Waals surface area contributed by atoms with Gasteiger partial charge in [0.15, 0.2) is 11.5 Å². The number of Topliss-reactive ketones (excluding diaryl/α,β-unsaturated/α-hetero) is 1. The Balaban J connectivity index is 1.65. The van der Waals surface area contributed by atoms with E-state index in [1.54, 1.807) is 48.5 Å². The number of ketones is 1. The van der Waals surface area contributed by atoms with Crippen molar-refractivity contribution in [3.05, 3.63) is 100 Å². The molecule has 0 fully saturated rings. The standard InChI is InChI=1S/C24H16ClNO5/c1-13-8-9-15(12-16(13)25)26-21(18-7-4-10-30-18)20(23(28)24(26)29)22(27)19-11-14-5-2-3-6-17(14)31-19/h2-12,21,28H,1H3. The van der Waals surface area contributed by atoms with Crippen LogP contribution in [-0.2, 0) is 4.79 Å². The van der Waals surface area contributed by atoms with Crippen molar-refractivity contribution in [1.29, 1.82) is 0 Å². The highest BCUT2D eigenvalue weighted by molar-refractivity contribution is 6.31. The number of aryl methyl sites for hydroxylation is 1. The van der Waals surface area contributed by atoms with Crippen LogP contribution in [0.4, 0.5) is 5.69 Å². The number of nitrogens with zero attached hydrogens (tertiary/aromatic N) is 1. The number of carbonyl (C=O) groups is 2. The minimum absolute atomic E-state index is 0.0240. The summed E-state index contributed by atoms with van der Waals surface area (Å²) < 4.78 is 11.2. The number of para-hydroxylation sites is 1. The summed E-state index contributed by atoms with van der Waals surface area (Å²) in [5.41, 5.74) is 1.69. The molecule has 3 heterocycles. The molecule has 1 aliphatic rings. The summed E-state index contributed by atoms with van der Waals surface area (Å²) in [4.78, 5) is 27.8. The smallest absolute Gasteiger partial charge is 0.294 e. The number of furan rings is 2. The van der Waals surface area contributed by atoms with Crippen LogP contribution in [0.15, 0.2) is 87.1 Å². The van der Waals surface area contributed by atoms with Crippen LogP contribution >= 0.6 is 11.6 Å². The molecule has 31 heavy (non-hydrogen) atoms. The summed E-state index contributed by atoms with van der Waals surface area (Å²) >= 11 is 6.27. The summed E-state index contributed by atoms with van der Waals surface area (Å²) in [6.45, 7) is 1.84. The van der Waals surface area contributed by atoms with Crippen molar-refractivity contribution in [1.82, 2.24) is 0 Å². The number of rotatable bonds is 4. The van der Waals surface area contributed by atoms with Crippen LogP contribution in [-0.4, -0.2) is 16.8 Å². The highest BCUT2D eigenvalue weighted by atomic mass is 35.5. The van der Waals surface area contributed by atoms with Crippen molar-refractivity contribution in [3.63, 3.8) is 0 Å². The summed E-state index contributed by atoms with van der Waals surface area (Å²) in [7, 11) is 0. The second-order valence-electron chi connectivity index (χ2n) is 7.27. The van der Waals surface area contributed by atoms with Gasteiger partial charge in [-0.1, -0.05) is 35.9 Å². The van der Waals surface area contributed by atoms with Gasteiger partial charge in [0.25, 0.3) is 5.91 Å². The average Bonchev–Trinajstić information content (AvgIpc) is 3.49. The van der Waals surface area contributed by atoms with Gasteiger partial charge < -0.3 is 13.9 Å². The fourth-order valence-corrected chi connectivity index (χ4v) is 3.95. The Bertz CT molecular complexity index is 1330. The maximum Gasteiger partial charge on any atom is 0.294 e. The Morgan fingerprint density at radius 3 is 2.61 bits per heavy atom. The predicted octanol–water partition coefficient (Wildman–Crippen LogP) is 5.77. The van der Waals surface area contributed by atoms with E-state index in [9.17, 15) is 14.7 Å². The number of hydrogen-bond donors (Lipinski definition) is 1. The van der Waals surface area contributed by atoms with Gasteiger partial charge in [-0.15, -0.1) is 0 Å². The van der Waals surface area contributed by atoms with E-state index >= 15 is 0 Å². The molecule has 0 spiro atoms. The van der Waals surface area contributed by atoms with E-state index in [-0.39, 0.29) is 11.3 Å². The van der Waals surface area contributed by atoms with Crippen LogP contribution in [0.1, 0.15) is 27.9 Å². The molecule has 1 N–H and O–H groups in total. The summed E-state index contributed by atoms with van der Waals surface area (Å²) in [6.07, 6.45) is 1.44. The molecular weight excluding hydrogens is 418 g/mol. The highest BCUT2D eigenvalue weighted by Crippen LogP contribution is 2.43. The number of hydrogen-bond acceptors (Lipinski definition) is 5. The summed E-state index contributed by atoms with van der Waals surface area (Å²) in [5, 5.41) is 11.9. The van der Waals surface area contributed by atoms with Crippen LogP contribution < -0.4 is 4.90 Å². The molecule has 2 aromatic heterocycles. The number of halogens is 1. The van der Waals surface area contributed by atoms with Crippen molar-refractivity contribution < 1.29 is 23.5 Å². The van der Waals surface area contributed by atoms with Gasteiger partial charge in [0.1, 0.15) is 17.4 Å². The van der Waals surface area contributed by atoms with Gasteiger partial charge in [0, 0.05) is 16.1 Å². The maximum absolute atomic E-state index is 13.4. The van der Waals surface area contributed by atoms with Crippen LogP contribution in [0.5, 0.6) is 0 Å². The van der Waals surface area contributed by atoms with Crippen molar-refractivity contribution in [3.8, 4) is 0 Å². The van der Waals surface area contributed by atoms with Crippen LogP contribution in [0.2, 0.25) is 5.02 Å². The molecule has 7 heteroatoms. The Morgan fingerprint density at radius 2 is 1.90 bits per heavy atom. The molecule has 0 aliphatic carbocycles. The monoisotopic (exact) mass is 433 g/mol. The highest BCUT2D eigenvalue weighted by Gasteiger charge is 2.46. The summed E-state index contributed by atoms with van der Waals surface area (Å²) in [6, 6.07) is 16.2. The lowest BCUT2D eigenvalue weighted by Crippen LogP contribution is -2.30. The lowest BCUT2D eigenvalue weighted by molar-refractivity contribution is -0.117. The average molecular weight is 434 g/mol. The molecule has 0 radical (unpaired) electrons. The lowest BCUT2D eigenvalue weighted by Gasteiger charge is -2.25. The van der Waals surface area contributed by atoms with Gasteiger partial charge in [0.05, 0.1) is 11.8 Å². The third kappa shape index (κ3) is 3.04. The maximum atomic E-state index is 13.4. The zero-order valence-corrected chi connectivity index (χ0v) is 17.1. The van der Waals surface area contributed by atoms with Crippen molar-refractivity contribution >= 4 is 39.9 Å².